The van der Waals surface area contributed by atoms with Crippen molar-refractivity contribution in [3.05, 3.63) is 65.2 Å². The minimum Gasteiger partial charge on any atom is -0.322 e. The van der Waals surface area contributed by atoms with E-state index < -0.39 is 0 Å². The van der Waals surface area contributed by atoms with Gasteiger partial charge in [-0.05, 0) is 49.7 Å². The summed E-state index contributed by atoms with van der Waals surface area (Å²) in [6, 6.07) is 15.6. The van der Waals surface area contributed by atoms with Crippen LogP contribution in [0.25, 0.3) is 0 Å². The van der Waals surface area contributed by atoms with Gasteiger partial charge in [0.15, 0.2) is 0 Å². The molecule has 0 aliphatic heterocycles. The smallest absolute Gasteiger partial charge is 0.255 e. The summed E-state index contributed by atoms with van der Waals surface area (Å²) >= 11 is 0. The molecule has 0 spiro atoms. The minimum absolute atomic E-state index is 0.0719. The Kier molecular flexibility index (Phi) is 5.52. The highest BCUT2D eigenvalue weighted by atomic mass is 16.1. The summed E-state index contributed by atoms with van der Waals surface area (Å²) < 4.78 is 0. The van der Waals surface area contributed by atoms with Gasteiger partial charge < -0.3 is 10.6 Å². The quantitative estimate of drug-likeness (QED) is 0.792. The highest BCUT2D eigenvalue weighted by Crippen LogP contribution is 2.13. The molecule has 2 N–H and O–H groups in total. The van der Waals surface area contributed by atoms with E-state index >= 15 is 0 Å². The zero-order valence-electron chi connectivity index (χ0n) is 12.6. The molecule has 0 unspecified atom stereocenters. The van der Waals surface area contributed by atoms with E-state index in [-0.39, 0.29) is 5.91 Å². The Bertz CT molecular complexity index is 608. The van der Waals surface area contributed by atoms with E-state index in [0.717, 1.165) is 30.8 Å². The summed E-state index contributed by atoms with van der Waals surface area (Å²) in [5, 5.41) is 6.31. The highest BCUT2D eigenvalue weighted by Gasteiger charge is 2.06. The first kappa shape index (κ1) is 15.3. The van der Waals surface area contributed by atoms with Gasteiger partial charge in [0.05, 0.1) is 0 Å². The average molecular weight is 282 g/mol. The monoisotopic (exact) mass is 282 g/mol. The van der Waals surface area contributed by atoms with Gasteiger partial charge in [0.2, 0.25) is 0 Å². The maximum absolute atomic E-state index is 12.2. The fraction of sp³-hybridized carbons (Fsp3) is 0.278. The van der Waals surface area contributed by atoms with Crippen LogP contribution in [-0.2, 0) is 6.54 Å². The number of carbonyl (C=O) groups is 1. The van der Waals surface area contributed by atoms with Crippen LogP contribution in [0, 0.1) is 6.92 Å². The van der Waals surface area contributed by atoms with Crippen LogP contribution in [-0.4, -0.2) is 12.5 Å². The van der Waals surface area contributed by atoms with Gasteiger partial charge in [-0.2, -0.15) is 0 Å². The Balaban J connectivity index is 2.02. The Morgan fingerprint density at radius 3 is 2.67 bits per heavy atom. The van der Waals surface area contributed by atoms with E-state index in [1.807, 2.05) is 49.4 Å². The number of benzene rings is 2. The first-order valence-electron chi connectivity index (χ1n) is 7.36. The van der Waals surface area contributed by atoms with E-state index in [9.17, 15) is 4.79 Å². The Labute approximate surface area is 126 Å². The molecule has 3 nitrogen and oxygen atoms in total. The molecule has 0 aliphatic carbocycles. The van der Waals surface area contributed by atoms with Gasteiger partial charge in [-0.1, -0.05) is 36.8 Å². The maximum atomic E-state index is 12.2. The van der Waals surface area contributed by atoms with Gasteiger partial charge in [0.1, 0.15) is 0 Å². The van der Waals surface area contributed by atoms with Crippen LogP contribution < -0.4 is 10.6 Å². The number of carbonyl (C=O) groups excluding carboxylic acids is 1. The van der Waals surface area contributed by atoms with Crippen LogP contribution >= 0.6 is 0 Å². The molecule has 0 aromatic heterocycles. The van der Waals surface area contributed by atoms with Gasteiger partial charge in [-0.25, -0.2) is 0 Å². The molecule has 0 saturated heterocycles. The van der Waals surface area contributed by atoms with Crippen molar-refractivity contribution in [2.24, 2.45) is 0 Å². The number of rotatable bonds is 6. The van der Waals surface area contributed by atoms with Crippen LogP contribution in [0.4, 0.5) is 5.69 Å². The van der Waals surface area contributed by atoms with E-state index in [4.69, 9.17) is 0 Å². The zero-order valence-corrected chi connectivity index (χ0v) is 12.6. The van der Waals surface area contributed by atoms with E-state index in [0.29, 0.717) is 5.56 Å². The molecule has 21 heavy (non-hydrogen) atoms. The molecule has 0 heterocycles. The van der Waals surface area contributed by atoms with Gasteiger partial charge >= 0.3 is 0 Å². The van der Waals surface area contributed by atoms with Crippen LogP contribution in [0.1, 0.15) is 34.8 Å². The van der Waals surface area contributed by atoms with Crippen LogP contribution in [0.3, 0.4) is 0 Å². The van der Waals surface area contributed by atoms with Gasteiger partial charge in [0, 0.05) is 17.8 Å². The van der Waals surface area contributed by atoms with Crippen molar-refractivity contribution in [1.29, 1.82) is 0 Å². The Morgan fingerprint density at radius 2 is 1.90 bits per heavy atom. The molecule has 0 bridgehead atoms. The van der Waals surface area contributed by atoms with Crippen molar-refractivity contribution >= 4 is 11.6 Å². The lowest BCUT2D eigenvalue weighted by atomic mass is 10.1. The van der Waals surface area contributed by atoms with E-state index in [1.54, 1.807) is 0 Å². The molecule has 2 aromatic rings. The van der Waals surface area contributed by atoms with Crippen molar-refractivity contribution in [2.45, 2.75) is 26.8 Å². The summed E-state index contributed by atoms with van der Waals surface area (Å²) in [5.74, 6) is -0.0719. The van der Waals surface area contributed by atoms with Crippen LogP contribution in [0.5, 0.6) is 0 Å². The molecule has 0 atom stereocenters. The second-order valence-electron chi connectivity index (χ2n) is 5.20. The lowest BCUT2D eigenvalue weighted by Crippen LogP contribution is -2.15. The van der Waals surface area contributed by atoms with Crippen LogP contribution in [0.2, 0.25) is 0 Å². The van der Waals surface area contributed by atoms with Crippen molar-refractivity contribution < 1.29 is 4.79 Å². The molecule has 110 valence electrons. The fourth-order valence-electron chi connectivity index (χ4n) is 2.16. The Hall–Kier alpha value is -2.13. The van der Waals surface area contributed by atoms with E-state index in [2.05, 4.69) is 23.6 Å². The molecule has 0 saturated carbocycles. The molecular formula is C18H22N2O. The predicted molar refractivity (Wildman–Crippen MR) is 87.6 cm³/mol. The van der Waals surface area contributed by atoms with Crippen molar-refractivity contribution in [2.75, 3.05) is 11.9 Å². The van der Waals surface area contributed by atoms with Crippen LogP contribution in [0.15, 0.2) is 48.5 Å². The minimum atomic E-state index is -0.0719. The first-order valence-corrected chi connectivity index (χ1v) is 7.36. The Morgan fingerprint density at radius 1 is 1.10 bits per heavy atom. The number of aryl methyl sites for hydroxylation is 1. The second kappa shape index (κ2) is 7.60. The number of nitrogens with one attached hydrogen (secondary N) is 2. The number of hydrogen-bond acceptors (Lipinski definition) is 2. The van der Waals surface area contributed by atoms with Crippen molar-refractivity contribution in [3.63, 3.8) is 0 Å². The number of hydrogen-bond donors (Lipinski definition) is 2. The molecule has 2 aromatic carbocycles. The topological polar surface area (TPSA) is 41.1 Å². The third-order valence-corrected chi connectivity index (χ3v) is 3.22. The fourth-order valence-corrected chi connectivity index (χ4v) is 2.16. The SMILES string of the molecule is CCCNCc1cccc(NC(=O)c2cccc(C)c2)c1. The normalized spacial score (nSPS) is 10.4. The average Bonchev–Trinajstić information content (AvgIpc) is 2.48. The zero-order chi connectivity index (χ0) is 15.1. The highest BCUT2D eigenvalue weighted by molar-refractivity contribution is 6.04. The number of anilines is 1. The van der Waals surface area contributed by atoms with Gasteiger partial charge in [-0.15, -0.1) is 0 Å². The maximum Gasteiger partial charge on any atom is 0.255 e. The molecule has 0 fully saturated rings. The lowest BCUT2D eigenvalue weighted by Gasteiger charge is -2.08. The summed E-state index contributed by atoms with van der Waals surface area (Å²) in [4.78, 5) is 12.2. The molecule has 1 amide bonds. The summed E-state index contributed by atoms with van der Waals surface area (Å²) in [7, 11) is 0. The third kappa shape index (κ3) is 4.72. The second-order valence-corrected chi connectivity index (χ2v) is 5.20. The predicted octanol–water partition coefficient (Wildman–Crippen LogP) is 3.75. The molecule has 0 aliphatic rings. The number of amides is 1. The lowest BCUT2D eigenvalue weighted by molar-refractivity contribution is 0.102. The molecule has 2 rings (SSSR count). The summed E-state index contributed by atoms with van der Waals surface area (Å²) in [6.45, 7) is 5.95. The van der Waals surface area contributed by atoms with E-state index in [1.165, 1.54) is 5.56 Å². The molecule has 3 heteroatoms. The standard InChI is InChI=1S/C18H22N2O/c1-3-10-19-13-15-7-5-9-17(12-15)20-18(21)16-8-4-6-14(2)11-16/h4-9,11-12,19H,3,10,13H2,1-2H3,(H,20,21). The van der Waals surface area contributed by atoms with Gasteiger partial charge in [0.25, 0.3) is 5.91 Å². The molecular weight excluding hydrogens is 260 g/mol. The van der Waals surface area contributed by atoms with Gasteiger partial charge in [-0.3, -0.25) is 4.79 Å². The third-order valence-electron chi connectivity index (χ3n) is 3.22. The molecule has 0 radical (unpaired) electrons. The first-order chi connectivity index (χ1) is 10.2. The largest absolute Gasteiger partial charge is 0.322 e. The summed E-state index contributed by atoms with van der Waals surface area (Å²) in [6.07, 6.45) is 1.11. The van der Waals surface area contributed by atoms with Crippen molar-refractivity contribution in [1.82, 2.24) is 5.32 Å². The van der Waals surface area contributed by atoms with Crippen molar-refractivity contribution in [3.8, 4) is 0 Å². The summed E-state index contributed by atoms with van der Waals surface area (Å²) in [5.41, 5.74) is 3.77.